The first-order valence-electron chi connectivity index (χ1n) is 11.3. The average Bonchev–Trinajstić information content (AvgIpc) is 3.21. The van der Waals surface area contributed by atoms with E-state index in [-0.39, 0.29) is 18.4 Å². The van der Waals surface area contributed by atoms with Crippen molar-refractivity contribution in [3.63, 3.8) is 0 Å². The number of rotatable bonds is 4. The van der Waals surface area contributed by atoms with Gasteiger partial charge in [0.05, 0.1) is 29.3 Å². The molecule has 2 aromatic heterocycles. The van der Waals surface area contributed by atoms with Gasteiger partial charge in [-0.05, 0) is 50.6 Å². The number of piperazine rings is 1. The second-order valence-electron chi connectivity index (χ2n) is 9.38. The van der Waals surface area contributed by atoms with E-state index >= 15 is 0 Å². The molecule has 2 amide bonds. The fourth-order valence-corrected chi connectivity index (χ4v) is 4.40. The maximum atomic E-state index is 12.9. The van der Waals surface area contributed by atoms with E-state index in [0.29, 0.717) is 58.9 Å². The summed E-state index contributed by atoms with van der Waals surface area (Å²) >= 11 is 12.7. The molecule has 35 heavy (non-hydrogen) atoms. The van der Waals surface area contributed by atoms with Crippen LogP contribution in [0.5, 0.6) is 5.75 Å². The monoisotopic (exact) mass is 518 g/mol. The highest BCUT2D eigenvalue weighted by molar-refractivity contribution is 6.44. The van der Waals surface area contributed by atoms with E-state index in [1.807, 2.05) is 49.7 Å². The maximum absolute atomic E-state index is 12.9. The highest BCUT2D eigenvalue weighted by atomic mass is 35.5. The first kappa shape index (κ1) is 25.1. The van der Waals surface area contributed by atoms with Gasteiger partial charge in [0.25, 0.3) is 0 Å². The van der Waals surface area contributed by atoms with E-state index in [2.05, 4.69) is 4.98 Å². The van der Waals surface area contributed by atoms with Crippen LogP contribution in [-0.2, 0) is 16.0 Å². The van der Waals surface area contributed by atoms with Gasteiger partial charge in [0.15, 0.2) is 0 Å². The van der Waals surface area contributed by atoms with Crippen LogP contribution in [0.3, 0.4) is 0 Å². The Labute approximate surface area is 214 Å². The van der Waals surface area contributed by atoms with Crippen molar-refractivity contribution in [2.45, 2.75) is 32.8 Å². The molecule has 0 atom stereocenters. The van der Waals surface area contributed by atoms with Gasteiger partial charge in [-0.25, -0.2) is 9.78 Å². The number of amides is 2. The van der Waals surface area contributed by atoms with E-state index in [9.17, 15) is 9.59 Å². The van der Waals surface area contributed by atoms with E-state index < -0.39 is 5.60 Å². The SMILES string of the molecule is COc1ccc(Cl)c(Cl)c1-c1ccn2cc(CC(=O)N3CCN(C(=O)OC(C)(C)C)CC3)nc2c1. The quantitative estimate of drug-likeness (QED) is 0.488. The molecule has 1 aromatic carbocycles. The lowest BCUT2D eigenvalue weighted by Crippen LogP contribution is -2.52. The van der Waals surface area contributed by atoms with Crippen LogP contribution < -0.4 is 4.74 Å². The average molecular weight is 519 g/mol. The van der Waals surface area contributed by atoms with Gasteiger partial charge >= 0.3 is 6.09 Å². The lowest BCUT2D eigenvalue weighted by atomic mass is 10.1. The van der Waals surface area contributed by atoms with Crippen LogP contribution >= 0.6 is 23.2 Å². The van der Waals surface area contributed by atoms with Crippen molar-refractivity contribution in [2.24, 2.45) is 0 Å². The van der Waals surface area contributed by atoms with Crippen molar-refractivity contribution in [1.82, 2.24) is 19.2 Å². The molecular formula is C25H28Cl2N4O4. The summed E-state index contributed by atoms with van der Waals surface area (Å²) in [4.78, 5) is 33.2. The molecule has 1 fully saturated rings. The van der Waals surface area contributed by atoms with Crippen LogP contribution in [0.4, 0.5) is 4.79 Å². The van der Waals surface area contributed by atoms with E-state index in [0.717, 1.165) is 5.56 Å². The van der Waals surface area contributed by atoms with Gasteiger partial charge in [-0.3, -0.25) is 4.79 Å². The number of methoxy groups -OCH3 is 1. The maximum Gasteiger partial charge on any atom is 0.410 e. The van der Waals surface area contributed by atoms with Gasteiger partial charge in [0.2, 0.25) is 5.91 Å². The van der Waals surface area contributed by atoms with Gasteiger partial charge in [-0.1, -0.05) is 23.2 Å². The first-order chi connectivity index (χ1) is 16.6. The number of hydrogen-bond acceptors (Lipinski definition) is 5. The third-order valence-electron chi connectivity index (χ3n) is 5.69. The molecule has 0 N–H and O–H groups in total. The Balaban J connectivity index is 1.45. The largest absolute Gasteiger partial charge is 0.496 e. The minimum atomic E-state index is -0.545. The molecule has 186 valence electrons. The molecule has 10 heteroatoms. The number of fused-ring (bicyclic) bond motifs is 1. The molecular weight excluding hydrogens is 491 g/mol. The summed E-state index contributed by atoms with van der Waals surface area (Å²) in [6, 6.07) is 7.24. The first-order valence-corrected chi connectivity index (χ1v) is 12.1. The second-order valence-corrected chi connectivity index (χ2v) is 10.2. The normalized spacial score (nSPS) is 14.3. The number of imidazole rings is 1. The molecule has 1 aliphatic rings. The van der Waals surface area contributed by atoms with Gasteiger partial charge in [-0.15, -0.1) is 0 Å². The van der Waals surface area contributed by atoms with E-state index in [1.54, 1.807) is 29.0 Å². The second kappa shape index (κ2) is 9.95. The Kier molecular flexibility index (Phi) is 7.15. The predicted octanol–water partition coefficient (Wildman–Crippen LogP) is 4.94. The lowest BCUT2D eigenvalue weighted by molar-refractivity contribution is -0.132. The van der Waals surface area contributed by atoms with Crippen LogP contribution in [0.1, 0.15) is 26.5 Å². The minimum absolute atomic E-state index is 0.0305. The Hall–Kier alpha value is -2.97. The number of hydrogen-bond donors (Lipinski definition) is 0. The summed E-state index contributed by atoms with van der Waals surface area (Å²) in [5.41, 5.74) is 2.29. The molecule has 4 rings (SSSR count). The highest BCUT2D eigenvalue weighted by Gasteiger charge is 2.28. The van der Waals surface area contributed by atoms with Crippen LogP contribution in [-0.4, -0.2) is 70.1 Å². The van der Waals surface area contributed by atoms with Crippen molar-refractivity contribution in [3.05, 3.63) is 52.4 Å². The molecule has 8 nitrogen and oxygen atoms in total. The van der Waals surface area contributed by atoms with Crippen LogP contribution in [0.2, 0.25) is 10.0 Å². The Morgan fingerprint density at radius 2 is 1.74 bits per heavy atom. The third kappa shape index (κ3) is 5.65. The highest BCUT2D eigenvalue weighted by Crippen LogP contribution is 2.40. The van der Waals surface area contributed by atoms with Gasteiger partial charge in [0.1, 0.15) is 17.0 Å². The van der Waals surface area contributed by atoms with E-state index in [4.69, 9.17) is 32.7 Å². The van der Waals surface area contributed by atoms with Crippen LogP contribution in [0, 0.1) is 0 Å². The number of aromatic nitrogens is 2. The number of carbonyl (C=O) groups excluding carboxylic acids is 2. The molecule has 0 aliphatic carbocycles. The fraction of sp³-hybridized carbons (Fsp3) is 0.400. The molecule has 0 saturated carbocycles. The summed E-state index contributed by atoms with van der Waals surface area (Å²) < 4.78 is 12.7. The summed E-state index contributed by atoms with van der Waals surface area (Å²) in [6.45, 7) is 7.31. The number of benzene rings is 1. The fourth-order valence-electron chi connectivity index (χ4n) is 3.98. The molecule has 0 spiro atoms. The van der Waals surface area contributed by atoms with Crippen LogP contribution in [0.25, 0.3) is 16.8 Å². The molecule has 1 saturated heterocycles. The molecule has 0 radical (unpaired) electrons. The van der Waals surface area contributed by atoms with Crippen molar-refractivity contribution >= 4 is 40.8 Å². The summed E-state index contributed by atoms with van der Waals surface area (Å²) in [7, 11) is 1.58. The zero-order valence-electron chi connectivity index (χ0n) is 20.2. The van der Waals surface area contributed by atoms with Crippen molar-refractivity contribution < 1.29 is 19.1 Å². The van der Waals surface area contributed by atoms with Crippen molar-refractivity contribution in [3.8, 4) is 16.9 Å². The lowest BCUT2D eigenvalue weighted by Gasteiger charge is -2.35. The molecule has 1 aliphatic heterocycles. The predicted molar refractivity (Wildman–Crippen MR) is 135 cm³/mol. The third-order valence-corrected chi connectivity index (χ3v) is 6.50. The number of halogens is 2. The Morgan fingerprint density at radius 3 is 2.40 bits per heavy atom. The number of nitrogens with zero attached hydrogens (tertiary/aromatic N) is 4. The van der Waals surface area contributed by atoms with E-state index in [1.165, 1.54) is 0 Å². The smallest absolute Gasteiger partial charge is 0.410 e. The molecule has 0 unspecified atom stereocenters. The minimum Gasteiger partial charge on any atom is -0.496 e. The summed E-state index contributed by atoms with van der Waals surface area (Å²) in [6.07, 6.45) is 3.52. The Bertz CT molecular complexity index is 1260. The van der Waals surface area contributed by atoms with Crippen molar-refractivity contribution in [1.29, 1.82) is 0 Å². The number of pyridine rings is 1. The molecule has 0 bridgehead atoms. The topological polar surface area (TPSA) is 76.4 Å². The van der Waals surface area contributed by atoms with Crippen molar-refractivity contribution in [2.75, 3.05) is 33.3 Å². The number of carbonyl (C=O) groups is 2. The van der Waals surface area contributed by atoms with Gasteiger partial charge in [0, 0.05) is 44.1 Å². The zero-order chi connectivity index (χ0) is 25.3. The summed E-state index contributed by atoms with van der Waals surface area (Å²) in [5, 5.41) is 0.839. The zero-order valence-corrected chi connectivity index (χ0v) is 21.7. The standard InChI is InChI=1S/C25H28Cl2N4O4/c1-25(2,3)35-24(33)30-11-9-29(10-12-30)21(32)14-17-15-31-8-7-16(13-20(31)28-17)22-19(34-4)6-5-18(26)23(22)27/h5-8,13,15H,9-12,14H2,1-4H3. The number of ether oxygens (including phenoxy) is 2. The molecule has 3 heterocycles. The molecule has 3 aromatic rings. The summed E-state index contributed by atoms with van der Waals surface area (Å²) in [5.74, 6) is 0.577. The Morgan fingerprint density at radius 1 is 1.06 bits per heavy atom. The van der Waals surface area contributed by atoms with Gasteiger partial charge in [-0.2, -0.15) is 0 Å². The van der Waals surface area contributed by atoms with Crippen LogP contribution in [0.15, 0.2) is 36.7 Å². The van der Waals surface area contributed by atoms with Gasteiger partial charge < -0.3 is 23.7 Å².